The maximum absolute atomic E-state index is 14.3. The summed E-state index contributed by atoms with van der Waals surface area (Å²) >= 11 is 0. The second kappa shape index (κ2) is 8.01. The van der Waals surface area contributed by atoms with Crippen LogP contribution in [0.25, 0.3) is 11.1 Å². The fraction of sp³-hybridized carbons (Fsp3) is 0.364. The number of nitrogens with zero attached hydrogens (tertiary/aromatic N) is 1. The first-order valence-electron chi connectivity index (χ1n) is 9.82. The van der Waals surface area contributed by atoms with Crippen molar-refractivity contribution in [2.45, 2.75) is 31.0 Å². The van der Waals surface area contributed by atoms with Gasteiger partial charge < -0.3 is 15.3 Å². The van der Waals surface area contributed by atoms with Crippen LogP contribution < -0.4 is 5.32 Å². The quantitative estimate of drug-likeness (QED) is 0.790. The largest absolute Gasteiger partial charge is 0.465 e. The zero-order valence-corrected chi connectivity index (χ0v) is 16.0. The Balaban J connectivity index is 1.53. The maximum atomic E-state index is 14.3. The first kappa shape index (κ1) is 20.3. The number of nitrogens with one attached hydrogen (secondary N) is 1. The zero-order chi connectivity index (χ0) is 21.4. The summed E-state index contributed by atoms with van der Waals surface area (Å²) in [5, 5.41) is 11.0. The highest BCUT2D eigenvalue weighted by Gasteiger charge is 2.48. The smallest absolute Gasteiger partial charge is 0.405 e. The molecule has 2 aromatic carbocycles. The van der Waals surface area contributed by atoms with Gasteiger partial charge in [-0.2, -0.15) is 0 Å². The summed E-state index contributed by atoms with van der Waals surface area (Å²) in [6.07, 6.45) is -2.09. The molecule has 0 radical (unpaired) electrons. The molecule has 0 unspecified atom stereocenters. The molecule has 30 heavy (non-hydrogen) atoms. The fourth-order valence-corrected chi connectivity index (χ4v) is 4.27. The van der Waals surface area contributed by atoms with Crippen LogP contribution in [0.4, 0.5) is 18.0 Å². The Morgan fingerprint density at radius 1 is 1.07 bits per heavy atom. The Morgan fingerprint density at radius 2 is 1.77 bits per heavy atom. The molecule has 0 spiro atoms. The van der Waals surface area contributed by atoms with Gasteiger partial charge in [0.2, 0.25) is 5.91 Å². The number of halogens is 3. The van der Waals surface area contributed by atoms with Crippen LogP contribution in [0, 0.1) is 17.6 Å². The van der Waals surface area contributed by atoms with E-state index < -0.39 is 29.9 Å². The van der Waals surface area contributed by atoms with Gasteiger partial charge in [0.1, 0.15) is 17.8 Å². The van der Waals surface area contributed by atoms with E-state index in [1.54, 1.807) is 24.3 Å². The number of carbonyl (C=O) groups is 2. The molecule has 0 bridgehead atoms. The van der Waals surface area contributed by atoms with E-state index in [2.05, 4.69) is 5.32 Å². The molecule has 158 valence electrons. The third-order valence-electron chi connectivity index (χ3n) is 5.85. The molecular formula is C22H21F3N2O3. The third-order valence-corrected chi connectivity index (χ3v) is 5.85. The van der Waals surface area contributed by atoms with E-state index in [0.717, 1.165) is 0 Å². The van der Waals surface area contributed by atoms with E-state index >= 15 is 0 Å². The van der Waals surface area contributed by atoms with Gasteiger partial charge in [0.15, 0.2) is 0 Å². The van der Waals surface area contributed by atoms with Gasteiger partial charge in [0.05, 0.1) is 11.6 Å². The van der Waals surface area contributed by atoms with E-state index in [9.17, 15) is 22.8 Å². The number of benzene rings is 2. The van der Waals surface area contributed by atoms with E-state index in [1.165, 1.54) is 23.1 Å². The topological polar surface area (TPSA) is 69.6 Å². The van der Waals surface area contributed by atoms with E-state index in [4.69, 9.17) is 5.11 Å². The predicted molar refractivity (Wildman–Crippen MR) is 104 cm³/mol. The van der Waals surface area contributed by atoms with Crippen molar-refractivity contribution in [2.24, 2.45) is 5.92 Å². The summed E-state index contributed by atoms with van der Waals surface area (Å²) in [5.41, 5.74) is 0.997. The summed E-state index contributed by atoms with van der Waals surface area (Å²) in [7, 11) is 0. The number of hydrogen-bond acceptors (Lipinski definition) is 2. The van der Waals surface area contributed by atoms with Crippen LogP contribution in [0.5, 0.6) is 0 Å². The third kappa shape index (κ3) is 3.86. The van der Waals surface area contributed by atoms with Crippen molar-refractivity contribution in [2.75, 3.05) is 13.1 Å². The molecule has 8 heteroatoms. The molecular weight excluding hydrogens is 397 g/mol. The highest BCUT2D eigenvalue weighted by molar-refractivity contribution is 5.84. The van der Waals surface area contributed by atoms with Gasteiger partial charge in [0, 0.05) is 19.0 Å². The van der Waals surface area contributed by atoms with Crippen molar-refractivity contribution in [1.82, 2.24) is 10.2 Å². The van der Waals surface area contributed by atoms with Gasteiger partial charge >= 0.3 is 6.09 Å². The van der Waals surface area contributed by atoms with Crippen molar-refractivity contribution in [3.63, 3.8) is 0 Å². The van der Waals surface area contributed by atoms with Crippen molar-refractivity contribution in [1.29, 1.82) is 0 Å². The Labute approximate surface area is 171 Å². The Hall–Kier alpha value is -3.03. The molecule has 2 aliphatic rings. The summed E-state index contributed by atoms with van der Waals surface area (Å²) < 4.78 is 42.6. The number of rotatable bonds is 4. The lowest BCUT2D eigenvalue weighted by Gasteiger charge is -2.35. The molecule has 2 N–H and O–H groups in total. The van der Waals surface area contributed by atoms with Gasteiger partial charge in [-0.3, -0.25) is 4.79 Å². The van der Waals surface area contributed by atoms with Gasteiger partial charge in [-0.15, -0.1) is 0 Å². The van der Waals surface area contributed by atoms with E-state index in [0.29, 0.717) is 17.5 Å². The van der Waals surface area contributed by atoms with Crippen molar-refractivity contribution < 1.29 is 27.9 Å². The lowest BCUT2D eigenvalue weighted by Crippen LogP contribution is -2.55. The standard InChI is InChI=1S/C22H21F3N2O3/c23-16-8-9-27(11-19(16)26-22(29)30)21(28)15-10-14(15)12-4-1-2-5-13(12)20-17(24)6-3-7-18(20)25/h1-7,14-16,19,26H,8-11H2,(H,29,30)/t14-,15+,16+,19-/m1/s1. The van der Waals surface area contributed by atoms with Gasteiger partial charge in [-0.05, 0) is 42.0 Å². The van der Waals surface area contributed by atoms with E-state index in [1.807, 2.05) is 0 Å². The minimum Gasteiger partial charge on any atom is -0.465 e. The van der Waals surface area contributed by atoms with Crippen LogP contribution in [0.3, 0.4) is 0 Å². The second-order valence-electron chi connectivity index (χ2n) is 7.78. The average molecular weight is 418 g/mol. The Morgan fingerprint density at radius 3 is 2.47 bits per heavy atom. The lowest BCUT2D eigenvalue weighted by atomic mass is 9.95. The van der Waals surface area contributed by atoms with Crippen LogP contribution in [0.15, 0.2) is 42.5 Å². The molecule has 1 aliphatic carbocycles. The molecule has 4 rings (SSSR count). The highest BCUT2D eigenvalue weighted by atomic mass is 19.1. The molecule has 2 fully saturated rings. The average Bonchev–Trinajstić information content (AvgIpc) is 3.50. The SMILES string of the molecule is O=C(O)N[C@@H]1CN(C(=O)[C@H]2C[C@@H]2c2ccccc2-c2c(F)cccc2F)CC[C@@H]1F. The maximum Gasteiger partial charge on any atom is 0.405 e. The van der Waals surface area contributed by atoms with Crippen LogP contribution in [0.1, 0.15) is 24.3 Å². The number of amides is 2. The number of carboxylic acid groups (broad SMARTS) is 1. The molecule has 0 aromatic heterocycles. The first-order valence-corrected chi connectivity index (χ1v) is 9.82. The van der Waals surface area contributed by atoms with Gasteiger partial charge in [0.25, 0.3) is 0 Å². The number of hydrogen-bond donors (Lipinski definition) is 2. The van der Waals surface area contributed by atoms with Crippen molar-refractivity contribution >= 4 is 12.0 Å². The first-order chi connectivity index (χ1) is 14.4. The Bertz CT molecular complexity index is 964. The summed E-state index contributed by atoms with van der Waals surface area (Å²) in [6, 6.07) is 9.59. The lowest BCUT2D eigenvalue weighted by molar-refractivity contribution is -0.134. The number of piperidine rings is 1. The molecule has 2 amide bonds. The number of carbonyl (C=O) groups excluding carboxylic acids is 1. The Kier molecular flexibility index (Phi) is 5.40. The highest BCUT2D eigenvalue weighted by Crippen LogP contribution is 2.51. The molecule has 1 aliphatic heterocycles. The summed E-state index contributed by atoms with van der Waals surface area (Å²) in [6.45, 7) is 0.184. The number of alkyl halides is 1. The van der Waals surface area contributed by atoms with Crippen LogP contribution in [0.2, 0.25) is 0 Å². The predicted octanol–water partition coefficient (Wildman–Crippen LogP) is 3.94. The minimum atomic E-state index is -1.34. The molecule has 1 heterocycles. The monoisotopic (exact) mass is 418 g/mol. The molecule has 4 atom stereocenters. The van der Waals surface area contributed by atoms with Crippen LogP contribution in [-0.4, -0.2) is 47.3 Å². The molecule has 5 nitrogen and oxygen atoms in total. The van der Waals surface area contributed by atoms with E-state index in [-0.39, 0.29) is 42.8 Å². The number of likely N-dealkylation sites (tertiary alicyclic amines) is 1. The fourth-order valence-electron chi connectivity index (χ4n) is 4.27. The second-order valence-corrected chi connectivity index (χ2v) is 7.78. The zero-order valence-electron chi connectivity index (χ0n) is 16.0. The van der Waals surface area contributed by atoms with Gasteiger partial charge in [-0.1, -0.05) is 30.3 Å². The molecule has 1 saturated carbocycles. The summed E-state index contributed by atoms with van der Waals surface area (Å²) in [5.74, 6) is -2.09. The summed E-state index contributed by atoms with van der Waals surface area (Å²) in [4.78, 5) is 25.3. The van der Waals surface area contributed by atoms with Crippen LogP contribution in [-0.2, 0) is 4.79 Å². The van der Waals surface area contributed by atoms with Crippen LogP contribution >= 0.6 is 0 Å². The molecule has 2 aromatic rings. The van der Waals surface area contributed by atoms with Crippen molar-refractivity contribution in [3.05, 3.63) is 59.7 Å². The molecule has 1 saturated heterocycles. The van der Waals surface area contributed by atoms with Crippen molar-refractivity contribution in [3.8, 4) is 11.1 Å². The normalized spacial score (nSPS) is 25.6. The van der Waals surface area contributed by atoms with Gasteiger partial charge in [-0.25, -0.2) is 18.0 Å². The minimum absolute atomic E-state index is 0.0287.